The first kappa shape index (κ1) is 20.8. The first-order valence-corrected chi connectivity index (χ1v) is 9.77. The molecule has 0 aliphatic heterocycles. The van der Waals surface area contributed by atoms with E-state index in [1.807, 2.05) is 66.8 Å². The summed E-state index contributed by atoms with van der Waals surface area (Å²) < 4.78 is 6.15. The fourth-order valence-electron chi connectivity index (χ4n) is 3.23. The quantitative estimate of drug-likeness (QED) is 0.563. The summed E-state index contributed by atoms with van der Waals surface area (Å²) in [5.41, 5.74) is 1.00. The summed E-state index contributed by atoms with van der Waals surface area (Å²) in [6, 6.07) is 20.1. The van der Waals surface area contributed by atoms with Crippen molar-refractivity contribution in [1.29, 1.82) is 0 Å². The predicted molar refractivity (Wildman–Crippen MR) is 114 cm³/mol. The molecule has 0 bridgehead atoms. The Hall–Kier alpha value is -2.89. The van der Waals surface area contributed by atoms with E-state index in [9.17, 15) is 9.90 Å². The van der Waals surface area contributed by atoms with Crippen LogP contribution in [0, 0.1) is 0 Å². The second kappa shape index (κ2) is 9.07. The zero-order valence-corrected chi connectivity index (χ0v) is 16.9. The van der Waals surface area contributed by atoms with Crippen molar-refractivity contribution in [2.75, 3.05) is 0 Å². The minimum absolute atomic E-state index is 0.500. The van der Waals surface area contributed by atoms with Gasteiger partial charge in [0.2, 0.25) is 0 Å². The van der Waals surface area contributed by atoms with Crippen LogP contribution in [0.3, 0.4) is 0 Å². The van der Waals surface area contributed by atoms with Gasteiger partial charge in [-0.1, -0.05) is 66.7 Å². The van der Waals surface area contributed by atoms with Crippen LogP contribution in [-0.2, 0) is 22.6 Å². The van der Waals surface area contributed by atoms with Crippen LogP contribution in [0.25, 0.3) is 0 Å². The lowest BCUT2D eigenvalue weighted by Crippen LogP contribution is -2.54. The van der Waals surface area contributed by atoms with Crippen LogP contribution in [0.5, 0.6) is 0 Å². The zero-order valence-electron chi connectivity index (χ0n) is 16.9. The monoisotopic (exact) mass is 392 g/mol. The van der Waals surface area contributed by atoms with Gasteiger partial charge in [-0.2, -0.15) is 0 Å². The molecule has 1 aliphatic rings. The number of aliphatic carboxylic acids is 1. The lowest BCUT2D eigenvalue weighted by atomic mass is 9.98. The highest BCUT2D eigenvalue weighted by Crippen LogP contribution is 2.29. The van der Waals surface area contributed by atoms with Gasteiger partial charge >= 0.3 is 5.97 Å². The molecule has 0 aromatic heterocycles. The van der Waals surface area contributed by atoms with E-state index in [4.69, 9.17) is 4.74 Å². The minimum atomic E-state index is -1.34. The fraction of sp³-hybridized carbons (Fsp3) is 0.292. The summed E-state index contributed by atoms with van der Waals surface area (Å²) in [5.74, 6) is -1.000. The van der Waals surface area contributed by atoms with Crippen molar-refractivity contribution in [3.05, 3.63) is 95.7 Å². The molecule has 5 nitrogen and oxygen atoms in total. The van der Waals surface area contributed by atoms with Gasteiger partial charge in [-0.15, -0.1) is 0 Å². The van der Waals surface area contributed by atoms with Crippen LogP contribution in [0.4, 0.5) is 0 Å². The molecule has 29 heavy (non-hydrogen) atoms. The standard InChI is InChI=1S/C24H28N2O3/c1-23(2,22(27)28)29-24(26-18-20-12-7-4-8-13-20)15-9-14-21(16-24)25-17-19-10-5-3-6-11-19/h3-15,25-26H,16-18H2,1-2H3,(H,27,28). The van der Waals surface area contributed by atoms with E-state index in [1.54, 1.807) is 13.8 Å². The van der Waals surface area contributed by atoms with E-state index in [1.165, 1.54) is 5.56 Å². The molecule has 1 unspecified atom stereocenters. The Kier molecular flexibility index (Phi) is 6.52. The van der Waals surface area contributed by atoms with Gasteiger partial charge in [0, 0.05) is 25.2 Å². The highest BCUT2D eigenvalue weighted by Gasteiger charge is 2.40. The number of carbonyl (C=O) groups is 1. The fourth-order valence-corrected chi connectivity index (χ4v) is 3.23. The highest BCUT2D eigenvalue weighted by atomic mass is 16.6. The predicted octanol–water partition coefficient (Wildman–Crippen LogP) is 3.99. The van der Waals surface area contributed by atoms with Gasteiger partial charge in [0.1, 0.15) is 5.72 Å². The maximum absolute atomic E-state index is 11.7. The van der Waals surface area contributed by atoms with Gasteiger partial charge in [0.15, 0.2) is 5.60 Å². The number of allylic oxidation sites excluding steroid dienone is 2. The molecule has 2 aromatic carbocycles. The topological polar surface area (TPSA) is 70.6 Å². The molecule has 2 aromatic rings. The van der Waals surface area contributed by atoms with E-state index in [0.717, 1.165) is 11.3 Å². The third-order valence-electron chi connectivity index (χ3n) is 4.87. The van der Waals surface area contributed by atoms with Gasteiger partial charge in [-0.3, -0.25) is 5.32 Å². The SMILES string of the molecule is CC(C)(OC1(NCc2ccccc2)C=CC=C(NCc2ccccc2)C1)C(=O)O. The summed E-state index contributed by atoms with van der Waals surface area (Å²) in [6.07, 6.45) is 6.31. The summed E-state index contributed by atoms with van der Waals surface area (Å²) >= 11 is 0. The molecule has 0 spiro atoms. The number of rotatable bonds is 9. The number of benzene rings is 2. The summed E-state index contributed by atoms with van der Waals surface area (Å²) in [4.78, 5) is 11.7. The number of carboxylic acid groups (broad SMARTS) is 1. The van der Waals surface area contributed by atoms with Crippen molar-refractivity contribution < 1.29 is 14.6 Å². The van der Waals surface area contributed by atoms with Gasteiger partial charge in [0.25, 0.3) is 0 Å². The number of hydrogen-bond acceptors (Lipinski definition) is 4. The Morgan fingerprint density at radius 1 is 1.03 bits per heavy atom. The molecule has 0 fully saturated rings. The Labute approximate surface area is 172 Å². The first-order chi connectivity index (χ1) is 13.9. The van der Waals surface area contributed by atoms with Crippen LogP contribution < -0.4 is 10.6 Å². The lowest BCUT2D eigenvalue weighted by molar-refractivity contribution is -0.182. The summed E-state index contributed by atoms with van der Waals surface area (Å²) in [6.45, 7) is 4.40. The average molecular weight is 392 g/mol. The first-order valence-electron chi connectivity index (χ1n) is 9.77. The average Bonchev–Trinajstić information content (AvgIpc) is 2.72. The molecule has 152 valence electrons. The van der Waals surface area contributed by atoms with Crippen molar-refractivity contribution in [3.63, 3.8) is 0 Å². The van der Waals surface area contributed by atoms with Crippen LogP contribution in [-0.4, -0.2) is 22.4 Å². The van der Waals surface area contributed by atoms with Crippen molar-refractivity contribution in [2.45, 2.75) is 44.7 Å². The third kappa shape index (κ3) is 5.79. The van der Waals surface area contributed by atoms with Gasteiger partial charge in [0.05, 0.1) is 0 Å². The van der Waals surface area contributed by atoms with Crippen LogP contribution in [0.1, 0.15) is 31.4 Å². The van der Waals surface area contributed by atoms with Gasteiger partial charge < -0.3 is 15.2 Å². The minimum Gasteiger partial charge on any atom is -0.479 e. The number of hydrogen-bond donors (Lipinski definition) is 3. The van der Waals surface area contributed by atoms with E-state index in [-0.39, 0.29) is 0 Å². The Morgan fingerprint density at radius 2 is 1.62 bits per heavy atom. The molecule has 0 heterocycles. The molecule has 1 atom stereocenters. The Bertz CT molecular complexity index is 876. The molecule has 0 amide bonds. The molecule has 5 heteroatoms. The number of ether oxygens (including phenoxy) is 1. The normalized spacial score (nSPS) is 18.9. The molecule has 3 N–H and O–H groups in total. The molecular formula is C24H28N2O3. The Balaban J connectivity index is 1.74. The van der Waals surface area contributed by atoms with Gasteiger partial charge in [-0.25, -0.2) is 4.79 Å². The van der Waals surface area contributed by atoms with Crippen molar-refractivity contribution in [3.8, 4) is 0 Å². The molecule has 3 rings (SSSR count). The van der Waals surface area contributed by atoms with E-state index >= 15 is 0 Å². The number of carboxylic acids is 1. The van der Waals surface area contributed by atoms with E-state index in [2.05, 4.69) is 22.8 Å². The largest absolute Gasteiger partial charge is 0.479 e. The lowest BCUT2D eigenvalue weighted by Gasteiger charge is -2.40. The number of nitrogens with one attached hydrogen (secondary N) is 2. The maximum atomic E-state index is 11.7. The van der Waals surface area contributed by atoms with E-state index in [0.29, 0.717) is 19.5 Å². The molecular weight excluding hydrogens is 364 g/mol. The molecule has 0 saturated heterocycles. The third-order valence-corrected chi connectivity index (χ3v) is 4.87. The smallest absolute Gasteiger partial charge is 0.335 e. The summed E-state index contributed by atoms with van der Waals surface area (Å²) in [7, 11) is 0. The van der Waals surface area contributed by atoms with Crippen molar-refractivity contribution >= 4 is 5.97 Å². The molecule has 0 radical (unpaired) electrons. The second-order valence-electron chi connectivity index (χ2n) is 7.71. The highest BCUT2D eigenvalue weighted by molar-refractivity contribution is 5.76. The zero-order chi connectivity index (χ0) is 20.7. The van der Waals surface area contributed by atoms with Crippen LogP contribution in [0.15, 0.2) is 84.6 Å². The van der Waals surface area contributed by atoms with Crippen molar-refractivity contribution in [1.82, 2.24) is 10.6 Å². The van der Waals surface area contributed by atoms with Crippen molar-refractivity contribution in [2.24, 2.45) is 0 Å². The van der Waals surface area contributed by atoms with Crippen LogP contribution in [0.2, 0.25) is 0 Å². The van der Waals surface area contributed by atoms with Gasteiger partial charge in [-0.05, 0) is 37.1 Å². The second-order valence-corrected chi connectivity index (χ2v) is 7.71. The maximum Gasteiger partial charge on any atom is 0.335 e. The molecule has 0 saturated carbocycles. The molecule has 1 aliphatic carbocycles. The van der Waals surface area contributed by atoms with Crippen LogP contribution >= 0.6 is 0 Å². The Morgan fingerprint density at radius 3 is 2.21 bits per heavy atom. The van der Waals surface area contributed by atoms with E-state index < -0.39 is 17.3 Å². The summed E-state index contributed by atoms with van der Waals surface area (Å²) in [5, 5.41) is 16.5.